The van der Waals surface area contributed by atoms with Crippen LogP contribution in [0.1, 0.15) is 65.7 Å². The van der Waals surface area contributed by atoms with Crippen LogP contribution in [0.2, 0.25) is 0 Å². The number of nitrogens with one attached hydrogen (secondary N) is 1. The maximum absolute atomic E-state index is 12.0. The number of likely N-dealkylation sites (tertiary alicyclic amines) is 1. The van der Waals surface area contributed by atoms with Crippen molar-refractivity contribution in [1.82, 2.24) is 10.2 Å². The zero-order valence-corrected chi connectivity index (χ0v) is 14.4. The summed E-state index contributed by atoms with van der Waals surface area (Å²) in [4.78, 5) is 14.7. The number of rotatable bonds is 9. The topological polar surface area (TPSA) is 41.6 Å². The Morgan fingerprint density at radius 2 is 2.14 bits per heavy atom. The van der Waals surface area contributed by atoms with Crippen LogP contribution >= 0.6 is 0 Å². The highest BCUT2D eigenvalue weighted by Gasteiger charge is 2.32. The first kappa shape index (κ1) is 18.4. The van der Waals surface area contributed by atoms with Crippen LogP contribution < -0.4 is 5.32 Å². The molecule has 2 atom stereocenters. The second kappa shape index (κ2) is 9.42. The Morgan fingerprint density at radius 1 is 1.38 bits per heavy atom. The lowest BCUT2D eigenvalue weighted by atomic mass is 9.94. The van der Waals surface area contributed by atoms with E-state index < -0.39 is 5.54 Å². The van der Waals surface area contributed by atoms with Crippen molar-refractivity contribution in [3.63, 3.8) is 0 Å². The number of likely N-dealkylation sites (N-methyl/N-ethyl adjacent to an activating group) is 1. The van der Waals surface area contributed by atoms with E-state index in [4.69, 9.17) is 4.74 Å². The summed E-state index contributed by atoms with van der Waals surface area (Å²) in [6.45, 7) is 8.84. The van der Waals surface area contributed by atoms with Gasteiger partial charge in [-0.3, -0.25) is 4.79 Å². The van der Waals surface area contributed by atoms with Gasteiger partial charge in [-0.15, -0.1) is 0 Å². The van der Waals surface area contributed by atoms with Gasteiger partial charge in [-0.2, -0.15) is 0 Å². The molecule has 0 aromatic carbocycles. The summed E-state index contributed by atoms with van der Waals surface area (Å²) in [7, 11) is 1.84. The fraction of sp³-hybridized carbons (Fsp3) is 0.941. The van der Waals surface area contributed by atoms with E-state index in [1.807, 2.05) is 20.9 Å². The first-order valence-corrected chi connectivity index (χ1v) is 8.67. The van der Waals surface area contributed by atoms with Gasteiger partial charge < -0.3 is 15.0 Å². The summed E-state index contributed by atoms with van der Waals surface area (Å²) >= 11 is 0. The molecule has 0 spiro atoms. The average molecular weight is 298 g/mol. The summed E-state index contributed by atoms with van der Waals surface area (Å²) in [6, 6.07) is 0.757. The molecule has 0 aliphatic carbocycles. The summed E-state index contributed by atoms with van der Waals surface area (Å²) in [5, 5.41) is 3.14. The molecule has 1 rings (SSSR count). The normalized spacial score (nSPS) is 22.8. The molecule has 1 heterocycles. The smallest absolute Gasteiger partial charge is 0.326 e. The fourth-order valence-corrected chi connectivity index (χ4v) is 3.27. The van der Waals surface area contributed by atoms with Crippen LogP contribution in [0.25, 0.3) is 0 Å². The van der Waals surface area contributed by atoms with Crippen LogP contribution in [0.4, 0.5) is 0 Å². The highest BCUT2D eigenvalue weighted by atomic mass is 16.5. The first-order valence-electron chi connectivity index (χ1n) is 8.67. The predicted octanol–water partition coefficient (Wildman–Crippen LogP) is 2.96. The van der Waals surface area contributed by atoms with Crippen LogP contribution in [-0.2, 0) is 9.53 Å². The van der Waals surface area contributed by atoms with Gasteiger partial charge in [0.15, 0.2) is 0 Å². The molecule has 0 radical (unpaired) electrons. The molecular formula is C17H34N2O2. The number of ether oxygens (including phenoxy) is 1. The van der Waals surface area contributed by atoms with Crippen molar-refractivity contribution in [3.05, 3.63) is 0 Å². The maximum atomic E-state index is 12.0. The summed E-state index contributed by atoms with van der Waals surface area (Å²) in [5.74, 6) is -0.128. The molecule has 1 fully saturated rings. The Labute approximate surface area is 130 Å². The van der Waals surface area contributed by atoms with Gasteiger partial charge in [0, 0.05) is 6.04 Å². The van der Waals surface area contributed by atoms with E-state index in [9.17, 15) is 4.79 Å². The van der Waals surface area contributed by atoms with E-state index in [0.29, 0.717) is 6.61 Å². The molecule has 0 aromatic rings. The molecule has 1 aliphatic heterocycles. The third-order valence-electron chi connectivity index (χ3n) is 4.77. The molecule has 1 saturated heterocycles. The standard InChI is InChI=1S/C17H34N2O2/c1-5-10-15-11-7-8-13-19(15)14-9-12-17(3,18-4)16(20)21-6-2/h15,18H,5-14H2,1-4H3. The molecule has 124 valence electrons. The van der Waals surface area contributed by atoms with E-state index in [0.717, 1.165) is 25.4 Å². The number of carbonyl (C=O) groups is 1. The lowest BCUT2D eigenvalue weighted by Crippen LogP contribution is -2.49. The zero-order valence-electron chi connectivity index (χ0n) is 14.4. The molecule has 1 aliphatic rings. The van der Waals surface area contributed by atoms with Crippen molar-refractivity contribution >= 4 is 5.97 Å². The van der Waals surface area contributed by atoms with Gasteiger partial charge in [0.1, 0.15) is 5.54 Å². The van der Waals surface area contributed by atoms with Gasteiger partial charge in [-0.1, -0.05) is 19.8 Å². The van der Waals surface area contributed by atoms with Crippen molar-refractivity contribution in [2.45, 2.75) is 77.3 Å². The molecule has 0 amide bonds. The molecule has 2 unspecified atom stereocenters. The Morgan fingerprint density at radius 3 is 2.76 bits per heavy atom. The van der Waals surface area contributed by atoms with Crippen molar-refractivity contribution < 1.29 is 9.53 Å². The number of nitrogens with zero attached hydrogens (tertiary/aromatic N) is 1. The van der Waals surface area contributed by atoms with Crippen LogP contribution in [0.15, 0.2) is 0 Å². The van der Waals surface area contributed by atoms with E-state index in [-0.39, 0.29) is 5.97 Å². The van der Waals surface area contributed by atoms with E-state index in [1.165, 1.54) is 38.6 Å². The van der Waals surface area contributed by atoms with Crippen molar-refractivity contribution in [3.8, 4) is 0 Å². The lowest BCUT2D eigenvalue weighted by Gasteiger charge is -2.36. The Bertz CT molecular complexity index is 307. The maximum Gasteiger partial charge on any atom is 0.326 e. The lowest BCUT2D eigenvalue weighted by molar-refractivity contribution is -0.150. The predicted molar refractivity (Wildman–Crippen MR) is 87.5 cm³/mol. The largest absolute Gasteiger partial charge is 0.465 e. The van der Waals surface area contributed by atoms with E-state index >= 15 is 0 Å². The van der Waals surface area contributed by atoms with Gasteiger partial charge in [0.2, 0.25) is 0 Å². The zero-order chi connectivity index (χ0) is 15.7. The molecule has 4 heteroatoms. The summed E-state index contributed by atoms with van der Waals surface area (Å²) in [6.07, 6.45) is 8.47. The summed E-state index contributed by atoms with van der Waals surface area (Å²) < 4.78 is 5.19. The van der Waals surface area contributed by atoms with E-state index in [1.54, 1.807) is 0 Å². The first-order chi connectivity index (χ1) is 10.1. The van der Waals surface area contributed by atoms with Crippen molar-refractivity contribution in [2.75, 3.05) is 26.7 Å². The van der Waals surface area contributed by atoms with Gasteiger partial charge in [0.25, 0.3) is 0 Å². The average Bonchev–Trinajstić information content (AvgIpc) is 2.49. The quantitative estimate of drug-likeness (QED) is 0.665. The second-order valence-electron chi connectivity index (χ2n) is 6.38. The molecule has 0 bridgehead atoms. The van der Waals surface area contributed by atoms with Crippen LogP contribution in [-0.4, -0.2) is 49.2 Å². The SMILES string of the molecule is CCCC1CCCCN1CCCC(C)(NC)C(=O)OCC. The third-order valence-corrected chi connectivity index (χ3v) is 4.77. The minimum absolute atomic E-state index is 0.128. The molecule has 4 nitrogen and oxygen atoms in total. The van der Waals surface area contributed by atoms with Crippen LogP contribution in [0.3, 0.4) is 0 Å². The monoisotopic (exact) mass is 298 g/mol. The Balaban J connectivity index is 2.43. The number of piperidine rings is 1. The number of hydrogen-bond acceptors (Lipinski definition) is 4. The highest BCUT2D eigenvalue weighted by molar-refractivity contribution is 5.80. The second-order valence-corrected chi connectivity index (χ2v) is 6.38. The molecule has 21 heavy (non-hydrogen) atoms. The number of carbonyl (C=O) groups excluding carboxylic acids is 1. The number of hydrogen-bond donors (Lipinski definition) is 1. The minimum Gasteiger partial charge on any atom is -0.465 e. The Hall–Kier alpha value is -0.610. The van der Waals surface area contributed by atoms with Gasteiger partial charge in [-0.25, -0.2) is 0 Å². The van der Waals surface area contributed by atoms with Crippen LogP contribution in [0, 0.1) is 0 Å². The molecule has 0 aromatic heterocycles. The molecule has 1 N–H and O–H groups in total. The third kappa shape index (κ3) is 5.59. The summed E-state index contributed by atoms with van der Waals surface area (Å²) in [5.41, 5.74) is -0.550. The van der Waals surface area contributed by atoms with Crippen LogP contribution in [0.5, 0.6) is 0 Å². The fourth-order valence-electron chi connectivity index (χ4n) is 3.27. The molecular weight excluding hydrogens is 264 g/mol. The van der Waals surface area contributed by atoms with Crippen molar-refractivity contribution in [2.24, 2.45) is 0 Å². The highest BCUT2D eigenvalue weighted by Crippen LogP contribution is 2.22. The van der Waals surface area contributed by atoms with Gasteiger partial charge in [0.05, 0.1) is 6.61 Å². The van der Waals surface area contributed by atoms with Gasteiger partial charge >= 0.3 is 5.97 Å². The minimum atomic E-state index is -0.550. The molecule has 0 saturated carbocycles. The van der Waals surface area contributed by atoms with Gasteiger partial charge in [-0.05, 0) is 66.1 Å². The Kier molecular flexibility index (Phi) is 8.27. The number of esters is 1. The van der Waals surface area contributed by atoms with E-state index in [2.05, 4.69) is 17.1 Å². The van der Waals surface area contributed by atoms with Crippen molar-refractivity contribution in [1.29, 1.82) is 0 Å².